The number of hydrogen-bond acceptors (Lipinski definition) is 8. The molecule has 2 aromatic carbocycles. The minimum atomic E-state index is -3.53. The average Bonchev–Trinajstić information content (AvgIpc) is 2.83. The molecule has 12 heteroatoms. The molecule has 0 aliphatic rings. The summed E-state index contributed by atoms with van der Waals surface area (Å²) in [6.07, 6.45) is 0.143. The third-order valence-corrected chi connectivity index (χ3v) is 7.75. The maximum absolute atomic E-state index is 13.3. The fourth-order valence-corrected chi connectivity index (χ4v) is 5.49. The van der Waals surface area contributed by atoms with E-state index in [9.17, 15) is 13.2 Å². The third kappa shape index (κ3) is 4.70. The van der Waals surface area contributed by atoms with Crippen molar-refractivity contribution >= 4 is 49.9 Å². The second-order valence-corrected chi connectivity index (χ2v) is 10.5. The standard InChI is InChI=1S/C23H20Cl2N4O5S/c1-34-29-22-16(12-15(23(29)31)19-17(24)4-2-5-18(19)25)20(26)27-21(28-22)13-6-8-14(9-7-13)35(32,33)11-3-10-30/h2,4-9,12,30H,3,10-11H2,1H3,(H2,26,27,28). The van der Waals surface area contributed by atoms with Gasteiger partial charge in [0.1, 0.15) is 12.9 Å². The molecule has 0 saturated carbocycles. The normalized spacial score (nSPS) is 11.7. The molecule has 182 valence electrons. The number of rotatable bonds is 7. The minimum absolute atomic E-state index is 0.0693. The van der Waals surface area contributed by atoms with Gasteiger partial charge in [0, 0.05) is 17.7 Å². The summed E-state index contributed by atoms with van der Waals surface area (Å²) >= 11 is 12.6. The van der Waals surface area contributed by atoms with Crippen LogP contribution in [-0.4, -0.2) is 47.7 Å². The van der Waals surface area contributed by atoms with Gasteiger partial charge in [0.25, 0.3) is 5.56 Å². The SMILES string of the molecule is COn1c(=O)c(-c2c(Cl)cccc2Cl)cc2c(N)nc(-c3ccc(S(=O)(=O)CCCO)cc3)nc21. The predicted molar refractivity (Wildman–Crippen MR) is 135 cm³/mol. The van der Waals surface area contributed by atoms with Gasteiger partial charge in [-0.15, -0.1) is 4.73 Å². The van der Waals surface area contributed by atoms with Gasteiger partial charge in [0.2, 0.25) is 0 Å². The number of pyridine rings is 1. The Hall–Kier alpha value is -3.18. The first-order valence-electron chi connectivity index (χ1n) is 10.3. The number of aliphatic hydroxyl groups excluding tert-OH is 1. The molecule has 0 unspecified atom stereocenters. The third-order valence-electron chi connectivity index (χ3n) is 5.31. The van der Waals surface area contributed by atoms with E-state index in [0.717, 1.165) is 4.73 Å². The first kappa shape index (κ1) is 24.9. The van der Waals surface area contributed by atoms with E-state index < -0.39 is 15.4 Å². The minimum Gasteiger partial charge on any atom is -0.412 e. The van der Waals surface area contributed by atoms with Crippen LogP contribution in [0.15, 0.2) is 58.2 Å². The summed E-state index contributed by atoms with van der Waals surface area (Å²) in [5.41, 5.74) is 6.77. The number of benzene rings is 2. The molecule has 0 saturated heterocycles. The van der Waals surface area contributed by atoms with Gasteiger partial charge in [0.05, 0.1) is 31.6 Å². The van der Waals surface area contributed by atoms with E-state index >= 15 is 0 Å². The number of fused-ring (bicyclic) bond motifs is 1. The summed E-state index contributed by atoms with van der Waals surface area (Å²) in [4.78, 5) is 27.5. The van der Waals surface area contributed by atoms with Crippen molar-refractivity contribution in [1.82, 2.24) is 14.7 Å². The highest BCUT2D eigenvalue weighted by Crippen LogP contribution is 2.34. The van der Waals surface area contributed by atoms with Crippen LogP contribution in [0.3, 0.4) is 0 Å². The Morgan fingerprint density at radius 3 is 2.34 bits per heavy atom. The van der Waals surface area contributed by atoms with Gasteiger partial charge in [-0.25, -0.2) is 18.4 Å². The molecule has 2 heterocycles. The number of anilines is 1. The van der Waals surface area contributed by atoms with Crippen LogP contribution in [0, 0.1) is 0 Å². The Morgan fingerprint density at radius 2 is 1.74 bits per heavy atom. The lowest BCUT2D eigenvalue weighted by Crippen LogP contribution is -2.27. The smallest absolute Gasteiger partial charge is 0.293 e. The highest BCUT2D eigenvalue weighted by Gasteiger charge is 2.21. The Labute approximate surface area is 210 Å². The molecule has 0 fully saturated rings. The number of hydrogen-bond donors (Lipinski definition) is 2. The Kier molecular flexibility index (Phi) is 7.00. The van der Waals surface area contributed by atoms with Gasteiger partial charge in [0.15, 0.2) is 21.3 Å². The zero-order valence-electron chi connectivity index (χ0n) is 18.4. The van der Waals surface area contributed by atoms with Crippen LogP contribution in [0.4, 0.5) is 5.82 Å². The van der Waals surface area contributed by atoms with E-state index in [-0.39, 0.29) is 56.6 Å². The first-order chi connectivity index (χ1) is 16.7. The van der Waals surface area contributed by atoms with Gasteiger partial charge >= 0.3 is 0 Å². The second-order valence-electron chi connectivity index (χ2n) is 7.53. The molecule has 3 N–H and O–H groups in total. The molecule has 4 rings (SSSR count). The van der Waals surface area contributed by atoms with Crippen LogP contribution in [0.25, 0.3) is 33.5 Å². The van der Waals surface area contributed by atoms with Gasteiger partial charge in [-0.3, -0.25) is 4.79 Å². The van der Waals surface area contributed by atoms with Crippen molar-refractivity contribution < 1.29 is 18.4 Å². The summed E-state index contributed by atoms with van der Waals surface area (Å²) in [5.74, 6) is 0.0723. The van der Waals surface area contributed by atoms with E-state index in [0.29, 0.717) is 16.5 Å². The molecule has 0 aliphatic heterocycles. The number of nitrogens with zero attached hydrogens (tertiary/aromatic N) is 3. The molecular weight excluding hydrogens is 515 g/mol. The highest BCUT2D eigenvalue weighted by molar-refractivity contribution is 7.91. The molecule has 0 bridgehead atoms. The Morgan fingerprint density at radius 1 is 1.09 bits per heavy atom. The zero-order chi connectivity index (χ0) is 25.3. The molecule has 0 spiro atoms. The lowest BCUT2D eigenvalue weighted by Gasteiger charge is -2.14. The molecule has 2 aromatic heterocycles. The van der Waals surface area contributed by atoms with Crippen LogP contribution in [0.1, 0.15) is 6.42 Å². The summed E-state index contributed by atoms with van der Waals surface area (Å²) in [6.45, 7) is -0.215. The fraction of sp³-hybridized carbons (Fsp3) is 0.174. The largest absolute Gasteiger partial charge is 0.412 e. The number of aromatic nitrogens is 3. The monoisotopic (exact) mass is 534 g/mol. The number of sulfone groups is 1. The second kappa shape index (κ2) is 9.82. The Bertz CT molecular complexity index is 1570. The molecule has 35 heavy (non-hydrogen) atoms. The van der Waals surface area contributed by atoms with Gasteiger partial charge < -0.3 is 15.7 Å². The number of nitrogens with two attached hydrogens (primary N) is 1. The average molecular weight is 535 g/mol. The Balaban J connectivity index is 1.86. The van der Waals surface area contributed by atoms with E-state index in [4.69, 9.17) is 38.9 Å². The molecule has 9 nitrogen and oxygen atoms in total. The predicted octanol–water partition coefficient (Wildman–Crippen LogP) is 3.23. The van der Waals surface area contributed by atoms with Crippen molar-refractivity contribution in [2.75, 3.05) is 25.2 Å². The maximum atomic E-state index is 13.3. The lowest BCUT2D eigenvalue weighted by molar-refractivity contribution is 0.168. The number of aliphatic hydroxyl groups is 1. The fourth-order valence-electron chi connectivity index (χ4n) is 3.60. The molecule has 0 atom stereocenters. The number of halogens is 2. The summed E-state index contributed by atoms with van der Waals surface area (Å²) in [7, 11) is -2.22. The molecule has 0 aliphatic carbocycles. The highest BCUT2D eigenvalue weighted by atomic mass is 35.5. The van der Waals surface area contributed by atoms with Gasteiger partial charge in [-0.05, 0) is 48.9 Å². The van der Waals surface area contributed by atoms with Crippen molar-refractivity contribution in [2.45, 2.75) is 11.3 Å². The van der Waals surface area contributed by atoms with Crippen molar-refractivity contribution in [3.05, 3.63) is 68.9 Å². The van der Waals surface area contributed by atoms with Crippen LogP contribution >= 0.6 is 23.2 Å². The molecular formula is C23H20Cl2N4O5S. The van der Waals surface area contributed by atoms with E-state index in [1.807, 2.05) is 0 Å². The molecule has 0 amide bonds. The van der Waals surface area contributed by atoms with Gasteiger partial charge in [-0.2, -0.15) is 0 Å². The van der Waals surface area contributed by atoms with Gasteiger partial charge in [-0.1, -0.05) is 29.3 Å². The molecule has 0 radical (unpaired) electrons. The number of nitrogen functional groups attached to an aromatic ring is 1. The topological polar surface area (TPSA) is 137 Å². The lowest BCUT2D eigenvalue weighted by atomic mass is 10.1. The van der Waals surface area contributed by atoms with Crippen molar-refractivity contribution in [3.8, 4) is 22.5 Å². The van der Waals surface area contributed by atoms with Crippen molar-refractivity contribution in [1.29, 1.82) is 0 Å². The summed E-state index contributed by atoms with van der Waals surface area (Å²) in [5, 5.41) is 9.81. The van der Waals surface area contributed by atoms with E-state index in [1.165, 1.54) is 25.3 Å². The van der Waals surface area contributed by atoms with Crippen molar-refractivity contribution in [2.24, 2.45) is 0 Å². The molecule has 4 aromatic rings. The summed E-state index contributed by atoms with van der Waals surface area (Å²) in [6, 6.07) is 12.3. The van der Waals surface area contributed by atoms with E-state index in [2.05, 4.69) is 9.97 Å². The van der Waals surface area contributed by atoms with Crippen LogP contribution in [0.5, 0.6) is 0 Å². The van der Waals surface area contributed by atoms with Crippen LogP contribution in [0.2, 0.25) is 10.0 Å². The van der Waals surface area contributed by atoms with Crippen LogP contribution in [-0.2, 0) is 9.84 Å². The summed E-state index contributed by atoms with van der Waals surface area (Å²) < 4.78 is 25.7. The van der Waals surface area contributed by atoms with Crippen molar-refractivity contribution in [3.63, 3.8) is 0 Å². The first-order valence-corrected chi connectivity index (χ1v) is 12.7. The van der Waals surface area contributed by atoms with E-state index in [1.54, 1.807) is 30.3 Å². The van der Waals surface area contributed by atoms with Crippen LogP contribution < -0.4 is 16.1 Å². The quantitative estimate of drug-likeness (QED) is 0.368. The zero-order valence-corrected chi connectivity index (χ0v) is 20.7. The maximum Gasteiger partial charge on any atom is 0.293 e.